The fourth-order valence-corrected chi connectivity index (χ4v) is 9.37. The molecule has 0 radical (unpaired) electrons. The molecule has 10 rings (SSSR count). The molecule has 0 saturated heterocycles. The number of hydrogen-bond donors (Lipinski definition) is 0. The highest BCUT2D eigenvalue weighted by molar-refractivity contribution is 14.2. The van der Waals surface area contributed by atoms with Crippen molar-refractivity contribution in [2.24, 2.45) is 0 Å². The predicted molar refractivity (Wildman–Crippen MR) is 231 cm³/mol. The largest absolute Gasteiger partial charge is 0.256 e. The van der Waals surface area contributed by atoms with E-state index in [0.717, 1.165) is 44.3 Å². The molecule has 7 aromatic carbocycles. The molecule has 0 spiro atoms. The lowest BCUT2D eigenvalue weighted by atomic mass is 9.97. The topological polar surface area (TPSA) is 51.6 Å². The van der Waals surface area contributed by atoms with E-state index in [-0.39, 0.29) is 20.7 Å². The van der Waals surface area contributed by atoms with Crippen molar-refractivity contribution in [3.8, 4) is 56.4 Å². The van der Waals surface area contributed by atoms with Gasteiger partial charge in [0.15, 0.2) is 17.5 Å². The van der Waals surface area contributed by atoms with Crippen LogP contribution in [0.2, 0.25) is 0 Å². The first-order valence-corrected chi connectivity index (χ1v) is 20.2. The highest BCUT2D eigenvalue weighted by Gasteiger charge is 2.14. The third kappa shape index (κ3) is 6.22. The number of benzene rings is 7. The Morgan fingerprint density at radius 2 is 0.963 bits per heavy atom. The van der Waals surface area contributed by atoms with Gasteiger partial charge in [-0.1, -0.05) is 172 Å². The van der Waals surface area contributed by atoms with Gasteiger partial charge in [-0.2, -0.15) is 0 Å². The van der Waals surface area contributed by atoms with Crippen LogP contribution in [0.3, 0.4) is 0 Å². The van der Waals surface area contributed by atoms with Crippen molar-refractivity contribution in [1.29, 1.82) is 0 Å². The van der Waals surface area contributed by atoms with Gasteiger partial charge in [0.1, 0.15) is 0 Å². The van der Waals surface area contributed by atoms with Crippen LogP contribution in [0, 0.1) is 3.15 Å². The molecule has 0 unspecified atom stereocenters. The fourth-order valence-electron chi connectivity index (χ4n) is 7.05. The minimum Gasteiger partial charge on any atom is -0.256 e. The summed E-state index contributed by atoms with van der Waals surface area (Å²) in [6.07, 6.45) is 4.23. The van der Waals surface area contributed by atoms with Crippen LogP contribution in [-0.4, -0.2) is 19.9 Å². The third-order valence-corrected chi connectivity index (χ3v) is 12.6. The average Bonchev–Trinajstić information content (AvgIpc) is 3.26. The lowest BCUT2D eigenvalue weighted by molar-refractivity contribution is 1.07. The van der Waals surface area contributed by atoms with Crippen LogP contribution >= 0.6 is 20.7 Å². The Labute approximate surface area is 322 Å². The van der Waals surface area contributed by atoms with Crippen molar-refractivity contribution in [2.45, 2.75) is 0 Å². The number of pyridine rings is 1. The Morgan fingerprint density at radius 1 is 0.407 bits per heavy atom. The second kappa shape index (κ2) is 13.8. The van der Waals surface area contributed by atoms with Gasteiger partial charge in [-0.25, -0.2) is 15.0 Å². The highest BCUT2D eigenvalue weighted by atomic mass is 127. The zero-order valence-corrected chi connectivity index (χ0v) is 31.2. The van der Waals surface area contributed by atoms with Gasteiger partial charge < -0.3 is 0 Å². The van der Waals surface area contributed by atoms with Gasteiger partial charge in [0.05, 0.1) is 5.52 Å². The molecule has 4 nitrogen and oxygen atoms in total. The van der Waals surface area contributed by atoms with Crippen LogP contribution in [0.1, 0.15) is 5.56 Å². The molecule has 0 atom stereocenters. The zero-order chi connectivity index (χ0) is 35.8. The zero-order valence-electron chi connectivity index (χ0n) is 29.1. The Kier molecular flexibility index (Phi) is 8.26. The second-order valence-electron chi connectivity index (χ2n) is 13.3. The van der Waals surface area contributed by atoms with E-state index < -0.39 is 0 Å². The summed E-state index contributed by atoms with van der Waals surface area (Å²) in [6.45, 7) is 0. The Balaban J connectivity index is 1.03. The van der Waals surface area contributed by atoms with Crippen LogP contribution in [0.15, 0.2) is 180 Å². The van der Waals surface area contributed by atoms with Gasteiger partial charge in [-0.15, -0.1) is 0 Å². The molecule has 0 saturated carbocycles. The van der Waals surface area contributed by atoms with Crippen LogP contribution in [-0.2, 0) is 0 Å². The molecule has 1 aliphatic rings. The molecule has 0 bridgehead atoms. The molecule has 2 aromatic heterocycles. The lowest BCUT2D eigenvalue weighted by Crippen LogP contribution is -2.03. The first kappa shape index (κ1) is 32.2. The summed E-state index contributed by atoms with van der Waals surface area (Å²) in [6, 6.07) is 59.7. The number of nitrogens with zero attached hydrogens (tertiary/aromatic N) is 4. The van der Waals surface area contributed by atoms with E-state index in [9.17, 15) is 0 Å². The van der Waals surface area contributed by atoms with Crippen molar-refractivity contribution < 1.29 is 0 Å². The molecule has 3 heterocycles. The number of allylic oxidation sites excluding steroid dienone is 1. The van der Waals surface area contributed by atoms with E-state index in [2.05, 4.69) is 167 Å². The van der Waals surface area contributed by atoms with Crippen LogP contribution in [0.4, 0.5) is 0 Å². The average molecular weight is 803 g/mol. The molecule has 254 valence electrons. The number of para-hydroxylation sites is 1. The Morgan fingerprint density at radius 3 is 1.69 bits per heavy atom. The van der Waals surface area contributed by atoms with E-state index in [1.807, 2.05) is 24.4 Å². The maximum atomic E-state index is 5.07. The quantitative estimate of drug-likeness (QED) is 0.157. The third-order valence-electron chi connectivity index (χ3n) is 9.93. The molecule has 0 fully saturated rings. The summed E-state index contributed by atoms with van der Waals surface area (Å²) in [5, 5.41) is 4.90. The van der Waals surface area contributed by atoms with Gasteiger partial charge in [0, 0.05) is 37.0 Å². The number of fused-ring (bicyclic) bond motifs is 3. The molecule has 54 heavy (non-hydrogen) atoms. The molecule has 9 aromatic rings. The maximum absolute atomic E-state index is 5.07. The van der Waals surface area contributed by atoms with Gasteiger partial charge in [-0.3, -0.25) is 4.98 Å². The Bertz CT molecular complexity index is 3020. The van der Waals surface area contributed by atoms with Crippen LogP contribution in [0.25, 0.3) is 89.7 Å². The van der Waals surface area contributed by atoms with Gasteiger partial charge in [0.2, 0.25) is 0 Å². The summed E-state index contributed by atoms with van der Waals surface area (Å²) >= 11 is -0.167. The minimum absolute atomic E-state index is 0.167. The monoisotopic (exact) mass is 802 g/mol. The van der Waals surface area contributed by atoms with Crippen molar-refractivity contribution >= 4 is 54.1 Å². The normalized spacial score (nSPS) is 12.3. The summed E-state index contributed by atoms with van der Waals surface area (Å²) in [5.41, 5.74) is 10.8. The molecule has 1 aliphatic heterocycles. The number of hydrogen-bond acceptors (Lipinski definition) is 4. The summed E-state index contributed by atoms with van der Waals surface area (Å²) < 4.78 is 3.88. The summed E-state index contributed by atoms with van der Waals surface area (Å²) in [4.78, 5) is 19.9. The smallest absolute Gasteiger partial charge is 0.164 e. The summed E-state index contributed by atoms with van der Waals surface area (Å²) in [7, 11) is 0. The van der Waals surface area contributed by atoms with Crippen LogP contribution in [0.5, 0.6) is 0 Å². The van der Waals surface area contributed by atoms with E-state index in [1.165, 1.54) is 35.8 Å². The lowest BCUT2D eigenvalue weighted by Gasteiger charge is -2.11. The van der Waals surface area contributed by atoms with E-state index >= 15 is 0 Å². The van der Waals surface area contributed by atoms with E-state index in [0.29, 0.717) is 17.5 Å². The number of rotatable bonds is 6. The van der Waals surface area contributed by atoms with Crippen molar-refractivity contribution in [3.63, 3.8) is 0 Å². The van der Waals surface area contributed by atoms with Crippen LogP contribution < -0.4 is 5.22 Å². The van der Waals surface area contributed by atoms with Crippen molar-refractivity contribution in [2.75, 3.05) is 0 Å². The van der Waals surface area contributed by atoms with Crippen molar-refractivity contribution in [3.05, 3.63) is 194 Å². The molecular formula is C49H31IN4. The van der Waals surface area contributed by atoms with Gasteiger partial charge in [0.25, 0.3) is 0 Å². The van der Waals surface area contributed by atoms with Gasteiger partial charge in [-0.05, 0) is 72.2 Å². The Hall–Kier alpha value is -6.44. The standard InChI is InChI=1S/C49H31IN4/c1-4-12-43-34(8-1)11-7-13-44(43)35-20-26-38(27-21-35)49-53-47(36-22-16-32(17-23-36)41-28-39-9-2-5-14-45(39)50-30-41)52-48(54-49)37-24-18-33(19-25-37)42-29-40-10-3-6-15-46(40)51-31-42/h1-31H. The SMILES string of the molecule is C1=C(c2ccc(-c3nc(-c4ccc(-c5cnc6ccccc6c5)cc4)nc(-c4ccc(-c5cccc6ccccc56)cc4)n3)cc2)C=c2ccccc2=I1. The first-order valence-electron chi connectivity index (χ1n) is 17.9. The van der Waals surface area contributed by atoms with Gasteiger partial charge >= 0.3 is 0 Å². The van der Waals surface area contributed by atoms with E-state index in [4.69, 9.17) is 15.0 Å². The number of halogens is 1. The number of aromatic nitrogens is 4. The molecule has 5 heteroatoms. The molecule has 0 aliphatic carbocycles. The minimum atomic E-state index is -0.167. The second-order valence-corrected chi connectivity index (χ2v) is 15.7. The molecule has 0 amide bonds. The maximum Gasteiger partial charge on any atom is 0.164 e. The van der Waals surface area contributed by atoms with E-state index in [1.54, 1.807) is 0 Å². The first-order chi connectivity index (χ1) is 26.7. The van der Waals surface area contributed by atoms with Crippen molar-refractivity contribution in [1.82, 2.24) is 19.9 Å². The summed E-state index contributed by atoms with van der Waals surface area (Å²) in [5.74, 6) is 1.91. The molecule has 0 N–H and O–H groups in total. The highest BCUT2D eigenvalue weighted by Crippen LogP contribution is 2.33. The fraction of sp³-hybridized carbons (Fsp3) is 0. The predicted octanol–water partition coefficient (Wildman–Crippen LogP) is 12.0. The molecular weight excluding hydrogens is 771 g/mol.